The highest BCUT2D eigenvalue weighted by molar-refractivity contribution is 9.10. The van der Waals surface area contributed by atoms with E-state index in [1.165, 1.54) is 0 Å². The molecule has 2 atom stereocenters. The van der Waals surface area contributed by atoms with Gasteiger partial charge in [-0.25, -0.2) is 0 Å². The average Bonchev–Trinajstić information content (AvgIpc) is 2.56. The van der Waals surface area contributed by atoms with Crippen molar-refractivity contribution < 1.29 is 14.3 Å². The Hall–Kier alpha value is -1.56. The van der Waals surface area contributed by atoms with E-state index in [-0.39, 0.29) is 29.8 Å². The summed E-state index contributed by atoms with van der Waals surface area (Å²) in [7, 11) is 0. The molecule has 2 unspecified atom stereocenters. The summed E-state index contributed by atoms with van der Waals surface area (Å²) in [4.78, 5) is 24.4. The van der Waals surface area contributed by atoms with E-state index in [0.717, 1.165) is 35.0 Å². The molecule has 26 heavy (non-hydrogen) atoms. The van der Waals surface area contributed by atoms with Gasteiger partial charge in [-0.05, 0) is 73.7 Å². The van der Waals surface area contributed by atoms with Crippen molar-refractivity contribution in [1.82, 2.24) is 10.6 Å². The summed E-state index contributed by atoms with van der Waals surface area (Å²) in [6.07, 6.45) is 3.82. The van der Waals surface area contributed by atoms with Gasteiger partial charge in [0.05, 0.1) is 17.5 Å². The molecule has 0 saturated heterocycles. The number of hydrogen-bond donors (Lipinski definition) is 2. The summed E-state index contributed by atoms with van der Waals surface area (Å²) >= 11 is 3.47. The maximum absolute atomic E-state index is 12.2. The first kappa shape index (κ1) is 20.7. The van der Waals surface area contributed by atoms with Gasteiger partial charge in [-0.2, -0.15) is 0 Å². The highest BCUT2D eigenvalue weighted by Crippen LogP contribution is 2.26. The minimum Gasteiger partial charge on any atom is -0.492 e. The molecule has 1 aromatic carbocycles. The first-order valence-electron chi connectivity index (χ1n) is 9.34. The molecule has 1 saturated carbocycles. The third kappa shape index (κ3) is 6.63. The van der Waals surface area contributed by atoms with Crippen molar-refractivity contribution in [3.63, 3.8) is 0 Å². The number of ether oxygens (including phenoxy) is 1. The lowest BCUT2D eigenvalue weighted by molar-refractivity contribution is -0.128. The second-order valence-electron chi connectivity index (χ2n) is 7.32. The maximum Gasteiger partial charge on any atom is 0.223 e. The number of benzene rings is 1. The van der Waals surface area contributed by atoms with Gasteiger partial charge < -0.3 is 15.4 Å². The molecule has 0 heterocycles. The molecule has 1 aliphatic carbocycles. The van der Waals surface area contributed by atoms with Gasteiger partial charge in [-0.1, -0.05) is 12.5 Å². The molecular weight excluding hydrogens is 396 g/mol. The zero-order valence-electron chi connectivity index (χ0n) is 15.8. The standard InChI is InChI=1S/C20H29BrN2O3/c1-13(2)22-20(25)15-5-4-6-16(12-15)23-19(24)9-10-26-18-8-7-14(3)11-17(18)21/h7-8,11,13,15-16H,4-6,9-10,12H2,1-3H3,(H,22,25)(H,23,24). The van der Waals surface area contributed by atoms with Crippen LogP contribution in [0.4, 0.5) is 0 Å². The van der Waals surface area contributed by atoms with Crippen molar-refractivity contribution in [2.45, 2.75) is 65.0 Å². The van der Waals surface area contributed by atoms with Gasteiger partial charge in [-0.3, -0.25) is 9.59 Å². The normalized spacial score (nSPS) is 19.9. The number of carbonyl (C=O) groups is 2. The van der Waals surface area contributed by atoms with Crippen LogP contribution in [0.5, 0.6) is 5.75 Å². The van der Waals surface area contributed by atoms with Crippen LogP contribution in [-0.2, 0) is 9.59 Å². The minimum atomic E-state index is -0.0249. The van der Waals surface area contributed by atoms with Crippen LogP contribution in [0.25, 0.3) is 0 Å². The van der Waals surface area contributed by atoms with Gasteiger partial charge in [0, 0.05) is 18.0 Å². The molecule has 0 radical (unpaired) electrons. The molecule has 0 aromatic heterocycles. The van der Waals surface area contributed by atoms with Gasteiger partial charge >= 0.3 is 0 Å². The number of nitrogens with one attached hydrogen (secondary N) is 2. The van der Waals surface area contributed by atoms with Crippen molar-refractivity contribution in [2.75, 3.05) is 6.61 Å². The van der Waals surface area contributed by atoms with Gasteiger partial charge in [0.2, 0.25) is 11.8 Å². The van der Waals surface area contributed by atoms with E-state index in [1.807, 2.05) is 39.0 Å². The summed E-state index contributed by atoms with van der Waals surface area (Å²) < 4.78 is 6.58. The fourth-order valence-corrected chi connectivity index (χ4v) is 3.85. The molecule has 2 amide bonds. The van der Waals surface area contributed by atoms with Gasteiger partial charge in [-0.15, -0.1) is 0 Å². The molecule has 1 fully saturated rings. The molecule has 0 aliphatic heterocycles. The lowest BCUT2D eigenvalue weighted by atomic mass is 9.85. The van der Waals surface area contributed by atoms with Crippen LogP contribution in [0, 0.1) is 12.8 Å². The maximum atomic E-state index is 12.2. The SMILES string of the molecule is Cc1ccc(OCCC(=O)NC2CCCC(C(=O)NC(C)C)C2)c(Br)c1. The van der Waals surface area contributed by atoms with E-state index >= 15 is 0 Å². The Balaban J connectivity index is 1.74. The van der Waals surface area contributed by atoms with Crippen molar-refractivity contribution in [1.29, 1.82) is 0 Å². The first-order chi connectivity index (χ1) is 12.3. The Morgan fingerprint density at radius 2 is 2.08 bits per heavy atom. The Labute approximate surface area is 164 Å². The minimum absolute atomic E-state index is 0.00351. The van der Waals surface area contributed by atoms with Crippen LogP contribution in [0.2, 0.25) is 0 Å². The molecular formula is C20H29BrN2O3. The topological polar surface area (TPSA) is 67.4 Å². The number of amides is 2. The summed E-state index contributed by atoms with van der Waals surface area (Å²) in [6.45, 7) is 6.27. The molecule has 1 aliphatic rings. The lowest BCUT2D eigenvalue weighted by Crippen LogP contribution is -2.44. The van der Waals surface area contributed by atoms with Gasteiger partial charge in [0.15, 0.2) is 0 Å². The third-order valence-corrected chi connectivity index (χ3v) is 5.13. The van der Waals surface area contributed by atoms with Crippen LogP contribution in [0.1, 0.15) is 51.5 Å². The van der Waals surface area contributed by atoms with E-state index in [4.69, 9.17) is 4.74 Å². The number of carbonyl (C=O) groups excluding carboxylic acids is 2. The fraction of sp³-hybridized carbons (Fsp3) is 0.600. The van der Waals surface area contributed by atoms with E-state index in [2.05, 4.69) is 26.6 Å². The molecule has 1 aromatic rings. The van der Waals surface area contributed by atoms with E-state index < -0.39 is 0 Å². The van der Waals surface area contributed by atoms with Crippen LogP contribution in [0.15, 0.2) is 22.7 Å². The fourth-order valence-electron chi connectivity index (χ4n) is 3.24. The summed E-state index contributed by atoms with van der Waals surface area (Å²) in [5.41, 5.74) is 1.15. The Bertz CT molecular complexity index is 633. The number of halogens is 1. The van der Waals surface area contributed by atoms with Crippen molar-refractivity contribution in [3.8, 4) is 5.75 Å². The van der Waals surface area contributed by atoms with E-state index in [0.29, 0.717) is 19.4 Å². The Morgan fingerprint density at radius 3 is 2.77 bits per heavy atom. The molecule has 0 bridgehead atoms. The highest BCUT2D eigenvalue weighted by Gasteiger charge is 2.28. The molecule has 5 nitrogen and oxygen atoms in total. The van der Waals surface area contributed by atoms with Crippen LogP contribution in [0.3, 0.4) is 0 Å². The van der Waals surface area contributed by atoms with Crippen LogP contribution >= 0.6 is 15.9 Å². The average molecular weight is 425 g/mol. The van der Waals surface area contributed by atoms with Gasteiger partial charge in [0.25, 0.3) is 0 Å². The van der Waals surface area contributed by atoms with Crippen LogP contribution < -0.4 is 15.4 Å². The van der Waals surface area contributed by atoms with Crippen molar-refractivity contribution >= 4 is 27.7 Å². The zero-order valence-corrected chi connectivity index (χ0v) is 17.4. The zero-order chi connectivity index (χ0) is 19.1. The number of aryl methyl sites for hydroxylation is 1. The third-order valence-electron chi connectivity index (χ3n) is 4.52. The molecule has 2 rings (SSSR count). The first-order valence-corrected chi connectivity index (χ1v) is 10.1. The second-order valence-corrected chi connectivity index (χ2v) is 8.18. The predicted molar refractivity (Wildman–Crippen MR) is 106 cm³/mol. The van der Waals surface area contributed by atoms with Crippen molar-refractivity contribution in [2.24, 2.45) is 5.92 Å². The second kappa shape index (κ2) is 9.95. The summed E-state index contributed by atoms with van der Waals surface area (Å²) in [6, 6.07) is 6.08. The van der Waals surface area contributed by atoms with E-state index in [1.54, 1.807) is 0 Å². The Morgan fingerprint density at radius 1 is 1.31 bits per heavy atom. The van der Waals surface area contributed by atoms with Gasteiger partial charge in [0.1, 0.15) is 5.75 Å². The predicted octanol–water partition coefficient (Wildman–Crippen LogP) is 3.73. The monoisotopic (exact) mass is 424 g/mol. The Kier molecular flexibility index (Phi) is 7.94. The summed E-state index contributed by atoms with van der Waals surface area (Å²) in [5, 5.41) is 6.03. The molecule has 6 heteroatoms. The highest BCUT2D eigenvalue weighted by atomic mass is 79.9. The van der Waals surface area contributed by atoms with E-state index in [9.17, 15) is 9.59 Å². The lowest BCUT2D eigenvalue weighted by Gasteiger charge is -2.29. The summed E-state index contributed by atoms with van der Waals surface area (Å²) in [5.74, 6) is 0.817. The number of rotatable bonds is 7. The number of hydrogen-bond acceptors (Lipinski definition) is 3. The quantitative estimate of drug-likeness (QED) is 0.700. The smallest absolute Gasteiger partial charge is 0.223 e. The van der Waals surface area contributed by atoms with Crippen molar-refractivity contribution in [3.05, 3.63) is 28.2 Å². The molecule has 144 valence electrons. The molecule has 0 spiro atoms. The van der Waals surface area contributed by atoms with Crippen LogP contribution in [-0.4, -0.2) is 30.5 Å². The largest absolute Gasteiger partial charge is 0.492 e. The molecule has 2 N–H and O–H groups in total.